The number of ether oxygens (including phenoxy) is 1. The van der Waals surface area contributed by atoms with E-state index in [2.05, 4.69) is 5.32 Å². The molecule has 1 aliphatic rings. The number of benzene rings is 1. The van der Waals surface area contributed by atoms with Crippen molar-refractivity contribution >= 4 is 15.7 Å². The van der Waals surface area contributed by atoms with Gasteiger partial charge in [0.25, 0.3) is 0 Å². The van der Waals surface area contributed by atoms with Gasteiger partial charge in [-0.3, -0.25) is 9.69 Å². The zero-order valence-electron chi connectivity index (χ0n) is 13.9. The average Bonchev–Trinajstić information content (AvgIpc) is 2.80. The number of hydrogen-bond donors (Lipinski definition) is 2. The van der Waals surface area contributed by atoms with Gasteiger partial charge in [0.15, 0.2) is 9.84 Å². The predicted molar refractivity (Wildman–Crippen MR) is 90.8 cm³/mol. The summed E-state index contributed by atoms with van der Waals surface area (Å²) in [7, 11) is 0.0284. The first-order chi connectivity index (χ1) is 11.3. The van der Waals surface area contributed by atoms with Gasteiger partial charge in [-0.2, -0.15) is 0 Å². The molecule has 0 aromatic heterocycles. The van der Waals surface area contributed by atoms with Crippen molar-refractivity contribution in [3.63, 3.8) is 0 Å². The quantitative estimate of drug-likeness (QED) is 0.680. The molecule has 24 heavy (non-hydrogen) atoms. The maximum atomic E-state index is 12.0. The van der Waals surface area contributed by atoms with Gasteiger partial charge in [-0.05, 0) is 25.1 Å². The van der Waals surface area contributed by atoms with Crippen LogP contribution in [0, 0.1) is 0 Å². The molecule has 7 nitrogen and oxygen atoms in total. The standard InChI is InChI=1S/C16H24N2O5S/c1-18(13-10-24(21,22)11-14(13)19)9-16(20)17-8-7-12-5-3-4-6-15(12)23-2/h3-6,13-14,19H,7-11H2,1-2H3,(H,17,20)/t13-,14-/m1/s1. The van der Waals surface area contributed by atoms with Crippen LogP contribution in [0.25, 0.3) is 0 Å². The van der Waals surface area contributed by atoms with Crippen molar-refractivity contribution in [1.82, 2.24) is 10.2 Å². The number of rotatable bonds is 7. The fourth-order valence-corrected chi connectivity index (χ4v) is 4.75. The smallest absolute Gasteiger partial charge is 0.234 e. The summed E-state index contributed by atoms with van der Waals surface area (Å²) in [5.74, 6) is 0.225. The number of nitrogens with one attached hydrogen (secondary N) is 1. The van der Waals surface area contributed by atoms with Crippen molar-refractivity contribution in [2.75, 3.05) is 38.8 Å². The van der Waals surface area contributed by atoms with Crippen molar-refractivity contribution in [3.05, 3.63) is 29.8 Å². The summed E-state index contributed by atoms with van der Waals surface area (Å²) in [4.78, 5) is 13.6. The summed E-state index contributed by atoms with van der Waals surface area (Å²) in [6.45, 7) is 0.502. The first-order valence-corrected chi connectivity index (χ1v) is 9.62. The van der Waals surface area contributed by atoms with Crippen LogP contribution in [0.3, 0.4) is 0 Å². The number of carbonyl (C=O) groups is 1. The highest BCUT2D eigenvalue weighted by atomic mass is 32.2. The summed E-state index contributed by atoms with van der Waals surface area (Å²) in [5, 5.41) is 12.6. The van der Waals surface area contributed by atoms with Crippen LogP contribution in [0.15, 0.2) is 24.3 Å². The first-order valence-electron chi connectivity index (χ1n) is 7.79. The molecule has 1 aromatic carbocycles. The van der Waals surface area contributed by atoms with Gasteiger partial charge < -0.3 is 15.2 Å². The van der Waals surface area contributed by atoms with E-state index in [9.17, 15) is 18.3 Å². The van der Waals surface area contributed by atoms with Crippen molar-refractivity contribution in [2.24, 2.45) is 0 Å². The summed E-state index contributed by atoms with van der Waals surface area (Å²) in [6.07, 6.45) is -0.304. The lowest BCUT2D eigenvalue weighted by Crippen LogP contribution is -2.46. The topological polar surface area (TPSA) is 95.9 Å². The molecule has 1 aromatic rings. The van der Waals surface area contributed by atoms with E-state index >= 15 is 0 Å². The van der Waals surface area contributed by atoms with Gasteiger partial charge in [-0.1, -0.05) is 18.2 Å². The van der Waals surface area contributed by atoms with Crippen LogP contribution in [0.4, 0.5) is 0 Å². The Labute approximate surface area is 142 Å². The highest BCUT2D eigenvalue weighted by Crippen LogP contribution is 2.18. The number of aliphatic hydroxyl groups is 1. The van der Waals surface area contributed by atoms with E-state index in [-0.39, 0.29) is 24.0 Å². The van der Waals surface area contributed by atoms with Crippen LogP contribution in [0.2, 0.25) is 0 Å². The number of sulfone groups is 1. The third kappa shape index (κ3) is 4.93. The number of nitrogens with zero attached hydrogens (tertiary/aromatic N) is 1. The lowest BCUT2D eigenvalue weighted by Gasteiger charge is -2.25. The lowest BCUT2D eigenvalue weighted by atomic mass is 10.1. The molecular weight excluding hydrogens is 332 g/mol. The summed E-state index contributed by atoms with van der Waals surface area (Å²) >= 11 is 0. The molecule has 2 atom stereocenters. The molecular formula is C16H24N2O5S. The molecule has 1 amide bonds. The van der Waals surface area contributed by atoms with E-state index in [0.717, 1.165) is 11.3 Å². The molecule has 1 saturated heterocycles. The Morgan fingerprint density at radius 3 is 2.71 bits per heavy atom. The number of carbonyl (C=O) groups excluding carboxylic acids is 1. The number of likely N-dealkylation sites (N-methyl/N-ethyl adjacent to an activating group) is 1. The number of methoxy groups -OCH3 is 1. The minimum absolute atomic E-state index is 0.0448. The van der Waals surface area contributed by atoms with Crippen LogP contribution < -0.4 is 10.1 Å². The highest BCUT2D eigenvalue weighted by molar-refractivity contribution is 7.91. The van der Waals surface area contributed by atoms with E-state index in [1.54, 1.807) is 19.1 Å². The third-order valence-corrected chi connectivity index (χ3v) is 5.86. The minimum atomic E-state index is -3.22. The number of aliphatic hydroxyl groups excluding tert-OH is 1. The Hall–Kier alpha value is -1.64. The van der Waals surface area contributed by atoms with Crippen LogP contribution in [-0.2, 0) is 21.1 Å². The van der Waals surface area contributed by atoms with Crippen molar-refractivity contribution < 1.29 is 23.1 Å². The van der Waals surface area contributed by atoms with Crippen molar-refractivity contribution in [1.29, 1.82) is 0 Å². The zero-order chi connectivity index (χ0) is 17.7. The van der Waals surface area contributed by atoms with E-state index in [1.165, 1.54) is 0 Å². The Bertz CT molecular complexity index is 677. The normalized spacial score (nSPS) is 22.5. The number of para-hydroxylation sites is 1. The first kappa shape index (κ1) is 18.7. The van der Waals surface area contributed by atoms with Crippen molar-refractivity contribution in [2.45, 2.75) is 18.6 Å². The van der Waals surface area contributed by atoms with E-state index in [1.807, 2.05) is 24.3 Å². The maximum Gasteiger partial charge on any atom is 0.234 e. The number of amides is 1. The van der Waals surface area contributed by atoms with E-state index in [4.69, 9.17) is 4.74 Å². The second kappa shape index (κ2) is 7.96. The molecule has 8 heteroatoms. The van der Waals surface area contributed by atoms with Crippen molar-refractivity contribution in [3.8, 4) is 5.75 Å². The fraction of sp³-hybridized carbons (Fsp3) is 0.562. The molecule has 0 saturated carbocycles. The monoisotopic (exact) mass is 356 g/mol. The Balaban J connectivity index is 1.79. The van der Waals surface area contributed by atoms with Crippen LogP contribution in [-0.4, -0.2) is 75.2 Å². The maximum absolute atomic E-state index is 12.0. The van der Waals surface area contributed by atoms with E-state index in [0.29, 0.717) is 13.0 Å². The molecule has 0 unspecified atom stereocenters. The highest BCUT2D eigenvalue weighted by Gasteiger charge is 2.39. The molecule has 2 rings (SSSR count). The second-order valence-electron chi connectivity index (χ2n) is 6.04. The molecule has 0 spiro atoms. The van der Waals surface area contributed by atoms with Gasteiger partial charge in [-0.15, -0.1) is 0 Å². The third-order valence-electron chi connectivity index (χ3n) is 4.16. The molecule has 0 radical (unpaired) electrons. The van der Waals surface area contributed by atoms with Gasteiger partial charge in [0, 0.05) is 6.54 Å². The Morgan fingerprint density at radius 1 is 1.38 bits per heavy atom. The molecule has 0 bridgehead atoms. The predicted octanol–water partition coefficient (Wildman–Crippen LogP) is -0.556. The van der Waals surface area contributed by atoms with Gasteiger partial charge in [0.1, 0.15) is 5.75 Å². The fourth-order valence-electron chi connectivity index (χ4n) is 2.88. The molecule has 1 aliphatic heterocycles. The molecule has 1 heterocycles. The van der Waals surface area contributed by atoms with Crippen LogP contribution in [0.1, 0.15) is 5.56 Å². The molecule has 134 valence electrons. The Kier molecular flexibility index (Phi) is 6.20. The lowest BCUT2D eigenvalue weighted by molar-refractivity contribution is -0.122. The van der Waals surface area contributed by atoms with Gasteiger partial charge >= 0.3 is 0 Å². The summed E-state index contributed by atoms with van der Waals surface area (Å²) < 4.78 is 28.3. The largest absolute Gasteiger partial charge is 0.496 e. The van der Waals surface area contributed by atoms with Gasteiger partial charge in [0.2, 0.25) is 5.91 Å². The Morgan fingerprint density at radius 2 is 2.08 bits per heavy atom. The minimum Gasteiger partial charge on any atom is -0.496 e. The second-order valence-corrected chi connectivity index (χ2v) is 8.19. The van der Waals surface area contributed by atoms with Gasteiger partial charge in [-0.25, -0.2) is 8.42 Å². The number of hydrogen-bond acceptors (Lipinski definition) is 6. The van der Waals surface area contributed by atoms with Crippen LogP contribution in [0.5, 0.6) is 5.75 Å². The summed E-state index contributed by atoms with van der Waals surface area (Å²) in [6, 6.07) is 7.07. The summed E-state index contributed by atoms with van der Waals surface area (Å²) in [5.41, 5.74) is 1.01. The van der Waals surface area contributed by atoms with E-state index < -0.39 is 22.0 Å². The average molecular weight is 356 g/mol. The molecule has 2 N–H and O–H groups in total. The molecule has 0 aliphatic carbocycles. The zero-order valence-corrected chi connectivity index (χ0v) is 14.8. The van der Waals surface area contributed by atoms with Gasteiger partial charge in [0.05, 0.1) is 37.3 Å². The molecule has 1 fully saturated rings. The SMILES string of the molecule is COc1ccccc1CCNC(=O)CN(C)[C@@H]1CS(=O)(=O)C[C@H]1O. The van der Waals surface area contributed by atoms with Crippen LogP contribution >= 0.6 is 0 Å².